The number of nitrogens with zero attached hydrogens (tertiary/aromatic N) is 1. The molecule has 2 saturated heterocycles. The molecule has 2 aliphatic rings. The van der Waals surface area contributed by atoms with Gasteiger partial charge in [0.2, 0.25) is 0 Å². The fourth-order valence-electron chi connectivity index (χ4n) is 2.99. The van der Waals surface area contributed by atoms with Crippen LogP contribution in [0.5, 0.6) is 0 Å². The van der Waals surface area contributed by atoms with Crippen molar-refractivity contribution in [2.45, 2.75) is 57.9 Å². The quantitative estimate of drug-likeness (QED) is 0.601. The first-order valence-corrected chi connectivity index (χ1v) is 6.14. The highest BCUT2D eigenvalue weighted by Gasteiger charge is 2.27. The van der Waals surface area contributed by atoms with Crippen molar-refractivity contribution in [3.63, 3.8) is 0 Å². The summed E-state index contributed by atoms with van der Waals surface area (Å²) in [7, 11) is 0. The molecule has 0 bridgehead atoms. The van der Waals surface area contributed by atoms with Crippen molar-refractivity contribution in [1.82, 2.24) is 4.90 Å². The van der Waals surface area contributed by atoms with E-state index in [4.69, 9.17) is 0 Å². The summed E-state index contributed by atoms with van der Waals surface area (Å²) in [6.07, 6.45) is 10.3. The van der Waals surface area contributed by atoms with Gasteiger partial charge in [0.05, 0.1) is 0 Å². The Morgan fingerprint density at radius 2 is 2.00 bits per heavy atom. The topological polar surface area (TPSA) is 3.24 Å². The molecule has 2 atom stereocenters. The van der Waals surface area contributed by atoms with E-state index in [1.807, 2.05) is 0 Å². The summed E-state index contributed by atoms with van der Waals surface area (Å²) in [4.78, 5) is 2.78. The SMILES string of the molecule is CCC1CCC2CCCCCN2C1. The van der Waals surface area contributed by atoms with Crippen LogP contribution in [0.25, 0.3) is 0 Å². The monoisotopic (exact) mass is 181 g/mol. The molecule has 0 saturated carbocycles. The lowest BCUT2D eigenvalue weighted by Gasteiger charge is -2.38. The number of piperidine rings is 1. The van der Waals surface area contributed by atoms with E-state index in [-0.39, 0.29) is 0 Å². The van der Waals surface area contributed by atoms with Gasteiger partial charge >= 0.3 is 0 Å². The summed E-state index contributed by atoms with van der Waals surface area (Å²) >= 11 is 0. The lowest BCUT2D eigenvalue weighted by Crippen LogP contribution is -2.42. The third-order valence-electron chi connectivity index (χ3n) is 3.98. The summed E-state index contributed by atoms with van der Waals surface area (Å²) in [6, 6.07) is 0.963. The molecule has 2 unspecified atom stereocenters. The minimum absolute atomic E-state index is 0.963. The Labute approximate surface area is 82.5 Å². The van der Waals surface area contributed by atoms with Crippen LogP contribution in [-0.4, -0.2) is 24.0 Å². The Morgan fingerprint density at radius 1 is 1.08 bits per heavy atom. The Balaban J connectivity index is 1.91. The summed E-state index contributed by atoms with van der Waals surface area (Å²) in [5, 5.41) is 0. The first-order valence-electron chi connectivity index (χ1n) is 6.14. The lowest BCUT2D eigenvalue weighted by atomic mass is 9.89. The summed E-state index contributed by atoms with van der Waals surface area (Å²) in [5.41, 5.74) is 0. The molecule has 0 N–H and O–H groups in total. The van der Waals surface area contributed by atoms with Crippen LogP contribution in [-0.2, 0) is 0 Å². The molecule has 0 radical (unpaired) electrons. The maximum Gasteiger partial charge on any atom is 0.00954 e. The zero-order valence-electron chi connectivity index (χ0n) is 8.97. The molecule has 2 aliphatic heterocycles. The first kappa shape index (κ1) is 9.51. The number of hydrogen-bond donors (Lipinski definition) is 0. The van der Waals surface area contributed by atoms with Gasteiger partial charge in [0.15, 0.2) is 0 Å². The van der Waals surface area contributed by atoms with Crippen LogP contribution in [0.15, 0.2) is 0 Å². The molecule has 2 rings (SSSR count). The summed E-state index contributed by atoms with van der Waals surface area (Å²) < 4.78 is 0. The highest BCUT2D eigenvalue weighted by molar-refractivity contribution is 4.82. The molecular formula is C12H23N. The molecular weight excluding hydrogens is 158 g/mol. The minimum Gasteiger partial charge on any atom is -0.300 e. The predicted molar refractivity (Wildman–Crippen MR) is 56.8 cm³/mol. The van der Waals surface area contributed by atoms with E-state index in [9.17, 15) is 0 Å². The molecule has 2 heterocycles. The van der Waals surface area contributed by atoms with Gasteiger partial charge in [-0.25, -0.2) is 0 Å². The highest BCUT2D eigenvalue weighted by atomic mass is 15.2. The van der Waals surface area contributed by atoms with E-state index in [1.165, 1.54) is 58.0 Å². The largest absolute Gasteiger partial charge is 0.300 e. The fourth-order valence-corrected chi connectivity index (χ4v) is 2.99. The molecule has 0 aliphatic carbocycles. The van der Waals surface area contributed by atoms with Gasteiger partial charge in [0.1, 0.15) is 0 Å². The zero-order valence-corrected chi connectivity index (χ0v) is 8.97. The molecule has 13 heavy (non-hydrogen) atoms. The molecule has 2 fully saturated rings. The summed E-state index contributed by atoms with van der Waals surface area (Å²) in [6.45, 7) is 5.14. The van der Waals surface area contributed by atoms with Crippen LogP contribution in [0, 0.1) is 5.92 Å². The normalized spacial score (nSPS) is 36.7. The Kier molecular flexibility index (Phi) is 3.26. The standard InChI is InChI=1S/C12H23N/c1-2-11-7-8-12-6-4-3-5-9-13(12)10-11/h11-12H,2-10H2,1H3. The first-order chi connectivity index (χ1) is 6.40. The van der Waals surface area contributed by atoms with Gasteiger partial charge in [-0.15, -0.1) is 0 Å². The molecule has 0 aromatic carbocycles. The predicted octanol–water partition coefficient (Wildman–Crippen LogP) is 3.05. The summed E-state index contributed by atoms with van der Waals surface area (Å²) in [5.74, 6) is 1.01. The zero-order chi connectivity index (χ0) is 9.10. The highest BCUT2D eigenvalue weighted by Crippen LogP contribution is 2.29. The van der Waals surface area contributed by atoms with E-state index in [1.54, 1.807) is 0 Å². The van der Waals surface area contributed by atoms with Crippen molar-refractivity contribution in [3.8, 4) is 0 Å². The van der Waals surface area contributed by atoms with Crippen molar-refractivity contribution >= 4 is 0 Å². The Morgan fingerprint density at radius 3 is 2.85 bits per heavy atom. The Hall–Kier alpha value is -0.0400. The second-order valence-corrected chi connectivity index (χ2v) is 4.85. The second kappa shape index (κ2) is 4.45. The van der Waals surface area contributed by atoms with E-state index in [0.29, 0.717) is 0 Å². The third-order valence-corrected chi connectivity index (χ3v) is 3.98. The molecule has 0 spiro atoms. The van der Waals surface area contributed by atoms with Crippen molar-refractivity contribution < 1.29 is 0 Å². The van der Waals surface area contributed by atoms with Crippen LogP contribution in [0.4, 0.5) is 0 Å². The molecule has 0 aromatic rings. The molecule has 0 aromatic heterocycles. The van der Waals surface area contributed by atoms with Crippen molar-refractivity contribution in [1.29, 1.82) is 0 Å². The minimum atomic E-state index is 0.963. The van der Waals surface area contributed by atoms with Gasteiger partial charge in [0.25, 0.3) is 0 Å². The molecule has 76 valence electrons. The fraction of sp³-hybridized carbons (Fsp3) is 1.00. The smallest absolute Gasteiger partial charge is 0.00954 e. The van der Waals surface area contributed by atoms with Gasteiger partial charge in [-0.05, 0) is 38.1 Å². The molecule has 1 heteroatoms. The van der Waals surface area contributed by atoms with Crippen molar-refractivity contribution in [3.05, 3.63) is 0 Å². The van der Waals surface area contributed by atoms with Crippen LogP contribution in [0.2, 0.25) is 0 Å². The third kappa shape index (κ3) is 2.25. The van der Waals surface area contributed by atoms with Gasteiger partial charge in [-0.1, -0.05) is 26.2 Å². The number of rotatable bonds is 1. The second-order valence-electron chi connectivity index (χ2n) is 4.85. The maximum atomic E-state index is 2.78. The van der Waals surface area contributed by atoms with Crippen molar-refractivity contribution in [2.75, 3.05) is 13.1 Å². The van der Waals surface area contributed by atoms with Crippen LogP contribution in [0.1, 0.15) is 51.9 Å². The van der Waals surface area contributed by atoms with Gasteiger partial charge in [0, 0.05) is 12.6 Å². The number of hydrogen-bond acceptors (Lipinski definition) is 1. The van der Waals surface area contributed by atoms with Gasteiger partial charge in [-0.2, -0.15) is 0 Å². The van der Waals surface area contributed by atoms with Crippen LogP contribution in [0.3, 0.4) is 0 Å². The van der Waals surface area contributed by atoms with E-state index in [2.05, 4.69) is 11.8 Å². The van der Waals surface area contributed by atoms with E-state index < -0.39 is 0 Å². The van der Waals surface area contributed by atoms with E-state index >= 15 is 0 Å². The molecule has 1 nitrogen and oxygen atoms in total. The van der Waals surface area contributed by atoms with Crippen LogP contribution < -0.4 is 0 Å². The van der Waals surface area contributed by atoms with Gasteiger partial charge in [-0.3, -0.25) is 0 Å². The average Bonchev–Trinajstić information content (AvgIpc) is 2.41. The Bertz CT molecular complexity index is 155. The maximum absolute atomic E-state index is 2.78. The van der Waals surface area contributed by atoms with Gasteiger partial charge < -0.3 is 4.90 Å². The lowest BCUT2D eigenvalue weighted by molar-refractivity contribution is 0.108. The van der Waals surface area contributed by atoms with Crippen molar-refractivity contribution in [2.24, 2.45) is 5.92 Å². The molecule has 0 amide bonds. The van der Waals surface area contributed by atoms with E-state index in [0.717, 1.165) is 12.0 Å². The number of fused-ring (bicyclic) bond motifs is 1. The van der Waals surface area contributed by atoms with Crippen LogP contribution >= 0.6 is 0 Å². The average molecular weight is 181 g/mol.